The van der Waals surface area contributed by atoms with E-state index in [1.54, 1.807) is 48.5 Å². The third kappa shape index (κ3) is 11.5. The summed E-state index contributed by atoms with van der Waals surface area (Å²) in [6, 6.07) is 21.5. The largest absolute Gasteiger partial charge is 0.494 e. The zero-order valence-electron chi connectivity index (χ0n) is 27.2. The molecule has 0 bridgehead atoms. The van der Waals surface area contributed by atoms with Gasteiger partial charge in [0.05, 0.1) is 18.6 Å². The van der Waals surface area contributed by atoms with Crippen LogP contribution in [0.15, 0.2) is 91.0 Å². The third-order valence-corrected chi connectivity index (χ3v) is 7.73. The molecule has 0 aliphatic carbocycles. The summed E-state index contributed by atoms with van der Waals surface area (Å²) in [6.07, 6.45) is 4.01. The average Bonchev–Trinajstić information content (AvgIpc) is 3.09. The summed E-state index contributed by atoms with van der Waals surface area (Å²) in [5.41, 5.74) is 1.58. The molecule has 0 heterocycles. The Kier molecular flexibility index (Phi) is 13.8. The molecule has 4 aromatic rings. The fraction of sp³-hybridized carbons (Fsp3) is 0.289. The molecule has 0 saturated heterocycles. The summed E-state index contributed by atoms with van der Waals surface area (Å²) in [7, 11) is 0. The number of carboxylic acid groups (broad SMARTS) is 1. The Morgan fingerprint density at radius 3 is 2.16 bits per heavy atom. The van der Waals surface area contributed by atoms with Crippen LogP contribution in [0.1, 0.15) is 72.3 Å². The molecule has 49 heavy (non-hydrogen) atoms. The molecule has 2 atom stereocenters. The number of hydrogen-bond acceptors (Lipinski definition) is 7. The summed E-state index contributed by atoms with van der Waals surface area (Å²) >= 11 is 0. The van der Waals surface area contributed by atoms with E-state index in [9.17, 15) is 33.4 Å². The van der Waals surface area contributed by atoms with E-state index in [0.717, 1.165) is 18.9 Å². The first kappa shape index (κ1) is 36.7. The maximum Gasteiger partial charge on any atom is 0.343 e. The van der Waals surface area contributed by atoms with E-state index in [1.165, 1.54) is 55.7 Å². The van der Waals surface area contributed by atoms with Crippen LogP contribution in [0, 0.1) is 11.6 Å². The maximum atomic E-state index is 13.9. The molecule has 4 N–H and O–H groups in total. The molecule has 4 rings (SSSR count). The van der Waals surface area contributed by atoms with Gasteiger partial charge in [0.25, 0.3) is 0 Å². The van der Waals surface area contributed by atoms with E-state index in [0.29, 0.717) is 34.7 Å². The molecule has 0 spiro atoms. The summed E-state index contributed by atoms with van der Waals surface area (Å²) in [5, 5.41) is 25.7. The van der Waals surface area contributed by atoms with Gasteiger partial charge < -0.3 is 25.0 Å². The number of hydrogen-bond donors (Lipinski definition) is 4. The lowest BCUT2D eigenvalue weighted by molar-refractivity contribution is -0.140. The summed E-state index contributed by atoms with van der Waals surface area (Å²) < 4.78 is 38.5. The van der Waals surface area contributed by atoms with Crippen molar-refractivity contribution >= 4 is 23.5 Å². The van der Waals surface area contributed by atoms with E-state index in [2.05, 4.69) is 17.6 Å². The van der Waals surface area contributed by atoms with Crippen molar-refractivity contribution in [1.29, 1.82) is 0 Å². The number of carboxylic acids is 1. The Balaban J connectivity index is 1.25. The third-order valence-electron chi connectivity index (χ3n) is 7.73. The summed E-state index contributed by atoms with van der Waals surface area (Å²) in [6.45, 7) is 2.80. The van der Waals surface area contributed by atoms with Gasteiger partial charge >= 0.3 is 11.9 Å². The molecule has 0 aliphatic rings. The van der Waals surface area contributed by atoms with Crippen LogP contribution >= 0.6 is 0 Å². The van der Waals surface area contributed by atoms with Crippen LogP contribution in [0.4, 0.5) is 14.5 Å². The number of benzene rings is 4. The molecule has 4 aromatic carbocycles. The smallest absolute Gasteiger partial charge is 0.343 e. The maximum absolute atomic E-state index is 13.9. The van der Waals surface area contributed by atoms with Gasteiger partial charge in [-0.2, -0.15) is 0 Å². The first-order valence-corrected chi connectivity index (χ1v) is 16.2. The van der Waals surface area contributed by atoms with Gasteiger partial charge in [0.1, 0.15) is 23.8 Å². The lowest BCUT2D eigenvalue weighted by Crippen LogP contribution is -2.40. The van der Waals surface area contributed by atoms with Gasteiger partial charge in [-0.1, -0.05) is 69.0 Å². The number of aliphatic hydroxyl groups is 1. The highest BCUT2D eigenvalue weighted by Gasteiger charge is 2.22. The second-order valence-electron chi connectivity index (χ2n) is 11.5. The highest BCUT2D eigenvalue weighted by atomic mass is 19.2. The molecule has 9 nitrogen and oxygen atoms in total. The van der Waals surface area contributed by atoms with Crippen LogP contribution in [0.2, 0.25) is 0 Å². The van der Waals surface area contributed by atoms with Crippen molar-refractivity contribution in [2.45, 2.75) is 64.1 Å². The SMILES string of the molecule is CCCCCCCOc1ccc(C(=O)Oc2ccc(CC(NC(O)c3ccc(NC(=O)Cc4cccc(F)c4F)cc3)C(=O)O)cc2)cc1. The normalized spacial score (nSPS) is 12.2. The van der Waals surface area contributed by atoms with E-state index in [1.807, 2.05) is 0 Å². The molecule has 11 heteroatoms. The lowest BCUT2D eigenvalue weighted by atomic mass is 10.0. The van der Waals surface area contributed by atoms with Crippen LogP contribution in [-0.2, 0) is 22.4 Å². The first-order chi connectivity index (χ1) is 23.6. The van der Waals surface area contributed by atoms with Crippen LogP contribution in [-0.4, -0.2) is 40.7 Å². The van der Waals surface area contributed by atoms with E-state index in [4.69, 9.17) is 9.47 Å². The molecule has 1 amide bonds. The number of carbonyl (C=O) groups excluding carboxylic acids is 2. The number of esters is 1. The van der Waals surface area contributed by atoms with Gasteiger partial charge in [0, 0.05) is 11.3 Å². The standard InChI is InChI=1S/C38H40F2N2O7/c1-2-3-4-5-6-22-48-30-20-14-27(15-21-30)38(47)49-31-18-10-25(11-19-31)23-33(37(45)46)42-36(44)26-12-16-29(17-13-26)41-34(43)24-28-8-7-9-32(39)35(28)40/h7-21,33,36,42,44H,2-6,22-24H2,1H3,(H,41,43)(H,45,46). The summed E-state index contributed by atoms with van der Waals surface area (Å²) in [5.74, 6) is -3.45. The zero-order chi connectivity index (χ0) is 35.2. The fourth-order valence-electron chi connectivity index (χ4n) is 4.99. The van der Waals surface area contributed by atoms with Crippen molar-refractivity contribution in [3.05, 3.63) is 125 Å². The van der Waals surface area contributed by atoms with E-state index < -0.39 is 41.7 Å². The van der Waals surface area contributed by atoms with Gasteiger partial charge in [-0.3, -0.25) is 14.9 Å². The monoisotopic (exact) mass is 674 g/mol. The molecule has 2 unspecified atom stereocenters. The van der Waals surface area contributed by atoms with Crippen LogP contribution in [0.5, 0.6) is 11.5 Å². The first-order valence-electron chi connectivity index (χ1n) is 16.2. The predicted molar refractivity (Wildman–Crippen MR) is 180 cm³/mol. The molecular weight excluding hydrogens is 634 g/mol. The second-order valence-corrected chi connectivity index (χ2v) is 11.5. The Morgan fingerprint density at radius 1 is 0.816 bits per heavy atom. The number of amides is 1. The minimum atomic E-state index is -1.35. The number of carbonyl (C=O) groups is 3. The molecule has 0 aliphatic heterocycles. The lowest BCUT2D eigenvalue weighted by Gasteiger charge is -2.20. The van der Waals surface area contributed by atoms with Crippen LogP contribution in [0.25, 0.3) is 0 Å². The minimum absolute atomic E-state index is 0.0193. The van der Waals surface area contributed by atoms with Crippen molar-refractivity contribution in [2.75, 3.05) is 11.9 Å². The Morgan fingerprint density at radius 2 is 1.49 bits per heavy atom. The quantitative estimate of drug-likeness (QED) is 0.0384. The number of ether oxygens (including phenoxy) is 2. The number of anilines is 1. The Bertz CT molecular complexity index is 1680. The van der Waals surface area contributed by atoms with Crippen molar-refractivity contribution in [1.82, 2.24) is 5.32 Å². The number of aliphatic carboxylic acids is 1. The highest BCUT2D eigenvalue weighted by Crippen LogP contribution is 2.20. The minimum Gasteiger partial charge on any atom is -0.494 e. The summed E-state index contributed by atoms with van der Waals surface area (Å²) in [4.78, 5) is 36.9. The van der Waals surface area contributed by atoms with Crippen LogP contribution in [0.3, 0.4) is 0 Å². The van der Waals surface area contributed by atoms with E-state index in [-0.39, 0.29) is 24.2 Å². The highest BCUT2D eigenvalue weighted by molar-refractivity contribution is 5.92. The number of halogens is 2. The van der Waals surface area contributed by atoms with Crippen LogP contribution < -0.4 is 20.1 Å². The molecule has 0 radical (unpaired) electrons. The number of rotatable bonds is 18. The van der Waals surface area contributed by atoms with Gasteiger partial charge in [-0.15, -0.1) is 0 Å². The van der Waals surface area contributed by atoms with Crippen molar-refractivity contribution in [2.24, 2.45) is 0 Å². The van der Waals surface area contributed by atoms with Gasteiger partial charge in [0.15, 0.2) is 11.6 Å². The van der Waals surface area contributed by atoms with Crippen molar-refractivity contribution in [3.8, 4) is 11.5 Å². The number of aliphatic hydroxyl groups excluding tert-OH is 1. The Labute approximate surface area is 283 Å². The fourth-order valence-corrected chi connectivity index (χ4v) is 4.99. The number of unbranched alkanes of at least 4 members (excludes halogenated alkanes) is 4. The topological polar surface area (TPSA) is 134 Å². The second kappa shape index (κ2) is 18.4. The predicted octanol–water partition coefficient (Wildman–Crippen LogP) is 6.99. The van der Waals surface area contributed by atoms with Crippen molar-refractivity contribution < 1.29 is 42.9 Å². The molecule has 258 valence electrons. The van der Waals surface area contributed by atoms with Gasteiger partial charge in [0.2, 0.25) is 5.91 Å². The van der Waals surface area contributed by atoms with Gasteiger partial charge in [-0.05, 0) is 78.6 Å². The molecule has 0 fully saturated rings. The number of nitrogens with one attached hydrogen (secondary N) is 2. The molecule has 0 saturated carbocycles. The zero-order valence-corrected chi connectivity index (χ0v) is 27.2. The van der Waals surface area contributed by atoms with Crippen molar-refractivity contribution in [3.63, 3.8) is 0 Å². The molecular formula is C38H40F2N2O7. The van der Waals surface area contributed by atoms with Gasteiger partial charge in [-0.25, -0.2) is 13.6 Å². The van der Waals surface area contributed by atoms with E-state index >= 15 is 0 Å². The Hall–Kier alpha value is -5.13. The average molecular weight is 675 g/mol. The molecule has 0 aromatic heterocycles.